The van der Waals surface area contributed by atoms with Gasteiger partial charge in [-0.3, -0.25) is 9.59 Å². The Balaban J connectivity index is 1.16. The zero-order valence-electron chi connectivity index (χ0n) is 22.9. The summed E-state index contributed by atoms with van der Waals surface area (Å²) >= 11 is 0. The summed E-state index contributed by atoms with van der Waals surface area (Å²) in [7, 11) is 0. The fourth-order valence-electron chi connectivity index (χ4n) is 4.92. The molecule has 0 aliphatic carbocycles. The number of aromatic nitrogens is 2. The molecule has 204 valence electrons. The first-order valence-electron chi connectivity index (χ1n) is 14.0. The highest BCUT2D eigenvalue weighted by atomic mass is 16.2. The van der Waals surface area contributed by atoms with Gasteiger partial charge in [0, 0.05) is 43.9 Å². The molecule has 7 heteroatoms. The summed E-state index contributed by atoms with van der Waals surface area (Å²) in [5.74, 6) is 0.701. The molecule has 1 saturated heterocycles. The summed E-state index contributed by atoms with van der Waals surface area (Å²) in [6.45, 7) is 5.29. The zero-order chi connectivity index (χ0) is 27.7. The Kier molecular flexibility index (Phi) is 8.81. The van der Waals surface area contributed by atoms with Crippen LogP contribution in [0.3, 0.4) is 0 Å². The molecule has 1 aromatic heterocycles. The molecule has 0 unspecified atom stereocenters. The lowest BCUT2D eigenvalue weighted by atomic mass is 10.0. The van der Waals surface area contributed by atoms with Crippen LogP contribution in [0.15, 0.2) is 97.1 Å². The standard InChI is InChI=1S/C33H35N5O2/c1-2-3-20-38(33(40)29-12-8-5-9-13-29)25-32(39)37-23-21-36(22-24-37)31-19-18-30(34-35-31)28-16-14-27(15-17-28)26-10-6-4-7-11-26/h4-19H,2-3,20-25H2,1H3. The van der Waals surface area contributed by atoms with E-state index in [1.54, 1.807) is 17.0 Å². The number of nitrogens with zero attached hydrogens (tertiary/aromatic N) is 5. The van der Waals surface area contributed by atoms with Gasteiger partial charge in [-0.2, -0.15) is 0 Å². The minimum atomic E-state index is -0.0916. The Morgan fingerprint density at radius 2 is 1.35 bits per heavy atom. The number of carbonyl (C=O) groups is 2. The van der Waals surface area contributed by atoms with Crippen LogP contribution in [0, 0.1) is 0 Å². The van der Waals surface area contributed by atoms with Crippen LogP contribution in [-0.4, -0.2) is 71.1 Å². The highest BCUT2D eigenvalue weighted by Crippen LogP contribution is 2.24. The molecule has 40 heavy (non-hydrogen) atoms. The highest BCUT2D eigenvalue weighted by molar-refractivity contribution is 5.96. The second kappa shape index (κ2) is 13.0. The molecular formula is C33H35N5O2. The Morgan fingerprint density at radius 3 is 1.98 bits per heavy atom. The molecule has 4 aromatic rings. The minimum Gasteiger partial charge on any atom is -0.352 e. The van der Waals surface area contributed by atoms with Crippen molar-refractivity contribution in [2.45, 2.75) is 19.8 Å². The molecule has 7 nitrogen and oxygen atoms in total. The molecule has 1 aliphatic rings. The van der Waals surface area contributed by atoms with Crippen molar-refractivity contribution < 1.29 is 9.59 Å². The molecule has 3 aromatic carbocycles. The largest absolute Gasteiger partial charge is 0.352 e. The minimum absolute atomic E-state index is 0.0135. The third-order valence-electron chi connectivity index (χ3n) is 7.31. The molecule has 0 N–H and O–H groups in total. The van der Waals surface area contributed by atoms with Crippen molar-refractivity contribution in [2.75, 3.05) is 44.2 Å². The summed E-state index contributed by atoms with van der Waals surface area (Å²) in [6, 6.07) is 31.8. The van der Waals surface area contributed by atoms with Gasteiger partial charge < -0.3 is 14.7 Å². The second-order valence-corrected chi connectivity index (χ2v) is 10.0. The molecule has 1 fully saturated rings. The summed E-state index contributed by atoms with van der Waals surface area (Å²) < 4.78 is 0. The van der Waals surface area contributed by atoms with Crippen LogP contribution in [-0.2, 0) is 4.79 Å². The van der Waals surface area contributed by atoms with Crippen molar-refractivity contribution in [3.05, 3.63) is 103 Å². The van der Waals surface area contributed by atoms with Crippen molar-refractivity contribution in [1.82, 2.24) is 20.0 Å². The number of anilines is 1. The van der Waals surface area contributed by atoms with Crippen molar-refractivity contribution in [1.29, 1.82) is 0 Å². The van der Waals surface area contributed by atoms with Crippen LogP contribution >= 0.6 is 0 Å². The van der Waals surface area contributed by atoms with Crippen LogP contribution in [0.4, 0.5) is 5.82 Å². The van der Waals surface area contributed by atoms with Gasteiger partial charge in [-0.1, -0.05) is 86.1 Å². The third kappa shape index (κ3) is 6.54. The lowest BCUT2D eigenvalue weighted by Crippen LogP contribution is -2.52. The van der Waals surface area contributed by atoms with Crippen molar-refractivity contribution in [2.24, 2.45) is 0 Å². The molecule has 0 spiro atoms. The quantitative estimate of drug-likeness (QED) is 0.288. The summed E-state index contributed by atoms with van der Waals surface area (Å²) in [5, 5.41) is 8.97. The fraction of sp³-hybridized carbons (Fsp3) is 0.273. The lowest BCUT2D eigenvalue weighted by molar-refractivity contribution is -0.132. The van der Waals surface area contributed by atoms with E-state index in [4.69, 9.17) is 0 Å². The molecule has 5 rings (SSSR count). The van der Waals surface area contributed by atoms with Gasteiger partial charge in [-0.05, 0) is 41.8 Å². The van der Waals surface area contributed by atoms with E-state index < -0.39 is 0 Å². The van der Waals surface area contributed by atoms with E-state index in [0.29, 0.717) is 38.3 Å². The van der Waals surface area contributed by atoms with E-state index >= 15 is 0 Å². The molecule has 2 heterocycles. The zero-order valence-corrected chi connectivity index (χ0v) is 22.9. The average molecular weight is 534 g/mol. The maximum Gasteiger partial charge on any atom is 0.254 e. The first-order valence-corrected chi connectivity index (χ1v) is 14.0. The van der Waals surface area contributed by atoms with Gasteiger partial charge in [0.2, 0.25) is 5.91 Å². The van der Waals surface area contributed by atoms with Gasteiger partial charge in [-0.15, -0.1) is 10.2 Å². The van der Waals surface area contributed by atoms with E-state index in [0.717, 1.165) is 29.9 Å². The number of carbonyl (C=O) groups excluding carboxylic acids is 2. The van der Waals surface area contributed by atoms with E-state index in [2.05, 4.69) is 58.4 Å². The smallest absolute Gasteiger partial charge is 0.254 e. The van der Waals surface area contributed by atoms with Crippen LogP contribution in [0.25, 0.3) is 22.4 Å². The maximum atomic E-state index is 13.2. The topological polar surface area (TPSA) is 69.6 Å². The van der Waals surface area contributed by atoms with Gasteiger partial charge >= 0.3 is 0 Å². The van der Waals surface area contributed by atoms with Crippen LogP contribution in [0.2, 0.25) is 0 Å². The monoisotopic (exact) mass is 533 g/mol. The fourth-order valence-corrected chi connectivity index (χ4v) is 4.92. The average Bonchev–Trinajstić information content (AvgIpc) is 3.03. The predicted molar refractivity (Wildman–Crippen MR) is 159 cm³/mol. The summed E-state index contributed by atoms with van der Waals surface area (Å²) in [6.07, 6.45) is 1.83. The summed E-state index contributed by atoms with van der Waals surface area (Å²) in [5.41, 5.74) is 4.81. The molecule has 0 saturated carbocycles. The molecular weight excluding hydrogens is 498 g/mol. The number of amides is 2. The lowest BCUT2D eigenvalue weighted by Gasteiger charge is -2.36. The van der Waals surface area contributed by atoms with E-state index in [1.165, 1.54) is 11.1 Å². The van der Waals surface area contributed by atoms with Gasteiger partial charge in [0.15, 0.2) is 5.82 Å². The van der Waals surface area contributed by atoms with Crippen LogP contribution in [0.5, 0.6) is 0 Å². The van der Waals surface area contributed by atoms with Crippen LogP contribution in [0.1, 0.15) is 30.1 Å². The van der Waals surface area contributed by atoms with Crippen molar-refractivity contribution in [3.8, 4) is 22.4 Å². The maximum absolute atomic E-state index is 13.2. The SMILES string of the molecule is CCCCN(CC(=O)N1CCN(c2ccc(-c3ccc(-c4ccccc4)cc3)nn2)CC1)C(=O)c1ccccc1. The Hall–Kier alpha value is -4.52. The molecule has 0 radical (unpaired) electrons. The Labute approximate surface area is 236 Å². The van der Waals surface area contributed by atoms with Gasteiger partial charge in [0.25, 0.3) is 5.91 Å². The number of piperazine rings is 1. The normalized spacial score (nSPS) is 13.2. The number of rotatable bonds is 9. The van der Waals surface area contributed by atoms with E-state index in [1.807, 2.05) is 53.4 Å². The third-order valence-corrected chi connectivity index (χ3v) is 7.31. The van der Waals surface area contributed by atoms with Gasteiger partial charge in [-0.25, -0.2) is 0 Å². The van der Waals surface area contributed by atoms with Crippen molar-refractivity contribution >= 4 is 17.6 Å². The first-order chi connectivity index (χ1) is 19.6. The summed E-state index contributed by atoms with van der Waals surface area (Å²) in [4.78, 5) is 31.9. The number of hydrogen-bond donors (Lipinski definition) is 0. The molecule has 1 aliphatic heterocycles. The Morgan fingerprint density at radius 1 is 0.725 bits per heavy atom. The Bertz CT molecular complexity index is 1380. The van der Waals surface area contributed by atoms with Crippen molar-refractivity contribution in [3.63, 3.8) is 0 Å². The highest BCUT2D eigenvalue weighted by Gasteiger charge is 2.25. The first kappa shape index (κ1) is 27.1. The van der Waals surface area contributed by atoms with E-state index in [-0.39, 0.29) is 18.4 Å². The molecule has 2 amide bonds. The second-order valence-electron chi connectivity index (χ2n) is 10.0. The van der Waals surface area contributed by atoms with Gasteiger partial charge in [0.05, 0.1) is 5.69 Å². The predicted octanol–water partition coefficient (Wildman–Crippen LogP) is 5.40. The number of benzene rings is 3. The van der Waals surface area contributed by atoms with Gasteiger partial charge in [0.1, 0.15) is 6.54 Å². The van der Waals surface area contributed by atoms with Crippen LogP contribution < -0.4 is 4.90 Å². The number of unbranched alkanes of at least 4 members (excludes halogenated alkanes) is 1. The number of hydrogen-bond acceptors (Lipinski definition) is 5. The molecule has 0 bridgehead atoms. The molecule has 0 atom stereocenters. The van der Waals surface area contributed by atoms with E-state index in [9.17, 15) is 9.59 Å².